The molecule has 0 unspecified atom stereocenters. The van der Waals surface area contributed by atoms with Gasteiger partial charge in [0.2, 0.25) is 11.8 Å². The van der Waals surface area contributed by atoms with Gasteiger partial charge in [-0.15, -0.1) is 0 Å². The van der Waals surface area contributed by atoms with Gasteiger partial charge in [-0.2, -0.15) is 0 Å². The molecule has 4 rings (SSSR count). The quantitative estimate of drug-likeness (QED) is 0.713. The summed E-state index contributed by atoms with van der Waals surface area (Å²) < 4.78 is 5.81. The van der Waals surface area contributed by atoms with E-state index in [1.165, 1.54) is 4.90 Å². The Hall–Kier alpha value is -3.35. The first-order chi connectivity index (χ1) is 14.4. The third kappa shape index (κ3) is 4.01. The fraction of sp³-hybridized carbons (Fsp3) is 0.348. The summed E-state index contributed by atoms with van der Waals surface area (Å²) in [6.07, 6.45) is 2.27. The number of amides is 3. The van der Waals surface area contributed by atoms with Gasteiger partial charge in [-0.25, -0.2) is 9.78 Å². The number of benzene rings is 2. The lowest BCUT2D eigenvalue weighted by Crippen LogP contribution is -2.41. The molecule has 2 aromatic carbocycles. The topological polar surface area (TPSA) is 78.7 Å². The fourth-order valence-corrected chi connectivity index (χ4v) is 3.87. The van der Waals surface area contributed by atoms with Crippen LogP contribution in [0.2, 0.25) is 0 Å². The second kappa shape index (κ2) is 8.18. The smallest absolute Gasteiger partial charge is 0.317 e. The van der Waals surface area contributed by atoms with Gasteiger partial charge in [0.25, 0.3) is 0 Å². The van der Waals surface area contributed by atoms with Crippen LogP contribution in [0.5, 0.6) is 0 Å². The Kier molecular flexibility index (Phi) is 5.44. The van der Waals surface area contributed by atoms with Crippen LogP contribution in [0.1, 0.15) is 19.3 Å². The van der Waals surface area contributed by atoms with Crippen molar-refractivity contribution in [2.75, 3.05) is 26.0 Å². The standard InChI is InChI=1S/C23H26N4O3/c1-26(2)23(29)24-17-11-8-16(14-17)22(28)27(3)18-12-9-15(10-13-18)21-25-19-6-4-5-7-20(19)30-21/h4-7,9-10,12-13,16-17H,8,11,14H2,1-3H3,(H,24,29)/t16-,17+/m1/s1. The largest absolute Gasteiger partial charge is 0.436 e. The first-order valence-electron chi connectivity index (χ1n) is 10.1. The van der Waals surface area contributed by atoms with E-state index in [1.54, 1.807) is 26.0 Å². The lowest BCUT2D eigenvalue weighted by molar-refractivity contribution is -0.121. The van der Waals surface area contributed by atoms with Crippen LogP contribution >= 0.6 is 0 Å². The summed E-state index contributed by atoms with van der Waals surface area (Å²) in [7, 11) is 5.22. The average Bonchev–Trinajstić information content (AvgIpc) is 3.39. The van der Waals surface area contributed by atoms with Crippen LogP contribution in [0.4, 0.5) is 10.5 Å². The van der Waals surface area contributed by atoms with Crippen LogP contribution in [-0.4, -0.2) is 49.0 Å². The second-order valence-corrected chi connectivity index (χ2v) is 7.98. The number of carbonyl (C=O) groups excluding carboxylic acids is 2. The molecular weight excluding hydrogens is 380 g/mol. The maximum Gasteiger partial charge on any atom is 0.317 e. The predicted octanol–water partition coefficient (Wildman–Crippen LogP) is 3.90. The third-order valence-electron chi connectivity index (χ3n) is 5.64. The highest BCUT2D eigenvalue weighted by molar-refractivity contribution is 5.95. The molecule has 1 aliphatic carbocycles. The van der Waals surface area contributed by atoms with Crippen LogP contribution in [0.25, 0.3) is 22.6 Å². The highest BCUT2D eigenvalue weighted by Crippen LogP contribution is 2.30. The predicted molar refractivity (Wildman–Crippen MR) is 116 cm³/mol. The number of aromatic nitrogens is 1. The fourth-order valence-electron chi connectivity index (χ4n) is 3.87. The second-order valence-electron chi connectivity index (χ2n) is 7.98. The molecule has 7 nitrogen and oxygen atoms in total. The van der Waals surface area contributed by atoms with Crippen LogP contribution in [0, 0.1) is 5.92 Å². The van der Waals surface area contributed by atoms with Crippen LogP contribution in [0.3, 0.4) is 0 Å². The number of rotatable bonds is 4. The minimum Gasteiger partial charge on any atom is -0.436 e. The first kappa shape index (κ1) is 19.9. The number of carbonyl (C=O) groups is 2. The van der Waals surface area contributed by atoms with E-state index < -0.39 is 0 Å². The van der Waals surface area contributed by atoms with E-state index in [-0.39, 0.29) is 23.9 Å². The SMILES string of the molecule is CN(C)C(=O)N[C@H]1CC[C@@H](C(=O)N(C)c2ccc(-c3nc4ccccc4o3)cc2)C1. The zero-order valence-corrected chi connectivity index (χ0v) is 17.5. The molecule has 0 saturated heterocycles. The van der Waals surface area contributed by atoms with Crippen molar-refractivity contribution in [3.8, 4) is 11.5 Å². The van der Waals surface area contributed by atoms with Crippen molar-refractivity contribution in [1.29, 1.82) is 0 Å². The summed E-state index contributed by atoms with van der Waals surface area (Å²) >= 11 is 0. The van der Waals surface area contributed by atoms with E-state index >= 15 is 0 Å². The number of oxazole rings is 1. The van der Waals surface area contributed by atoms with Crippen LogP contribution < -0.4 is 10.2 Å². The summed E-state index contributed by atoms with van der Waals surface area (Å²) in [5.74, 6) is 0.553. The Morgan fingerprint density at radius 3 is 2.47 bits per heavy atom. The summed E-state index contributed by atoms with van der Waals surface area (Å²) in [5, 5.41) is 2.98. The highest BCUT2D eigenvalue weighted by Gasteiger charge is 2.33. The molecule has 7 heteroatoms. The van der Waals surface area contributed by atoms with Gasteiger partial charge in [0, 0.05) is 44.4 Å². The molecule has 1 aliphatic rings. The number of hydrogen-bond donors (Lipinski definition) is 1. The molecule has 1 N–H and O–H groups in total. The minimum absolute atomic E-state index is 0.0452. The van der Waals surface area contributed by atoms with Crippen LogP contribution in [-0.2, 0) is 4.79 Å². The van der Waals surface area contributed by atoms with E-state index in [0.29, 0.717) is 12.3 Å². The van der Waals surface area contributed by atoms with Crippen molar-refractivity contribution in [3.05, 3.63) is 48.5 Å². The van der Waals surface area contributed by atoms with Gasteiger partial charge in [-0.05, 0) is 55.7 Å². The molecule has 1 heterocycles. The van der Waals surface area contributed by atoms with Crippen molar-refractivity contribution < 1.29 is 14.0 Å². The number of anilines is 1. The minimum atomic E-state index is -0.115. The normalized spacial score (nSPS) is 18.4. The van der Waals surface area contributed by atoms with Crippen molar-refractivity contribution in [3.63, 3.8) is 0 Å². The molecule has 1 fully saturated rings. The highest BCUT2D eigenvalue weighted by atomic mass is 16.3. The van der Waals surface area contributed by atoms with Gasteiger partial charge in [-0.3, -0.25) is 4.79 Å². The molecule has 3 aromatic rings. The Morgan fingerprint density at radius 2 is 1.77 bits per heavy atom. The lowest BCUT2D eigenvalue weighted by Gasteiger charge is -2.22. The Labute approximate surface area is 175 Å². The van der Waals surface area contributed by atoms with Gasteiger partial charge in [0.1, 0.15) is 5.52 Å². The summed E-state index contributed by atoms with van der Waals surface area (Å²) in [5.41, 5.74) is 3.26. The average molecular weight is 406 g/mol. The van der Waals surface area contributed by atoms with E-state index in [2.05, 4.69) is 10.3 Å². The molecule has 2 atom stereocenters. The Morgan fingerprint density at radius 1 is 1.03 bits per heavy atom. The lowest BCUT2D eigenvalue weighted by atomic mass is 10.1. The maximum absolute atomic E-state index is 13.0. The van der Waals surface area contributed by atoms with Crippen molar-refractivity contribution in [1.82, 2.24) is 15.2 Å². The van der Waals surface area contributed by atoms with Crippen LogP contribution in [0.15, 0.2) is 52.9 Å². The molecule has 1 saturated carbocycles. The summed E-state index contributed by atoms with van der Waals surface area (Å²) in [6.45, 7) is 0. The monoisotopic (exact) mass is 406 g/mol. The summed E-state index contributed by atoms with van der Waals surface area (Å²) in [6, 6.07) is 15.2. The van der Waals surface area contributed by atoms with Crippen molar-refractivity contribution in [2.24, 2.45) is 5.92 Å². The van der Waals surface area contributed by atoms with Gasteiger partial charge in [-0.1, -0.05) is 12.1 Å². The molecular formula is C23H26N4O3. The van der Waals surface area contributed by atoms with Crippen molar-refractivity contribution in [2.45, 2.75) is 25.3 Å². The molecule has 0 bridgehead atoms. The molecule has 156 valence electrons. The number of para-hydroxylation sites is 2. The number of urea groups is 1. The first-order valence-corrected chi connectivity index (χ1v) is 10.1. The third-order valence-corrected chi connectivity index (χ3v) is 5.64. The zero-order chi connectivity index (χ0) is 21.3. The molecule has 0 aliphatic heterocycles. The summed E-state index contributed by atoms with van der Waals surface area (Å²) in [4.78, 5) is 32.5. The molecule has 3 amide bonds. The number of fused-ring (bicyclic) bond motifs is 1. The van der Waals surface area contributed by atoms with Gasteiger partial charge < -0.3 is 19.5 Å². The molecule has 0 spiro atoms. The van der Waals surface area contributed by atoms with Crippen molar-refractivity contribution >= 4 is 28.7 Å². The van der Waals surface area contributed by atoms with Gasteiger partial charge >= 0.3 is 6.03 Å². The zero-order valence-electron chi connectivity index (χ0n) is 17.5. The van der Waals surface area contributed by atoms with E-state index in [1.807, 2.05) is 48.5 Å². The van der Waals surface area contributed by atoms with Gasteiger partial charge in [0.15, 0.2) is 5.58 Å². The van der Waals surface area contributed by atoms with E-state index in [0.717, 1.165) is 35.2 Å². The van der Waals surface area contributed by atoms with E-state index in [9.17, 15) is 9.59 Å². The Balaban J connectivity index is 1.41. The Bertz CT molecular complexity index is 1020. The maximum atomic E-state index is 13.0. The molecule has 30 heavy (non-hydrogen) atoms. The number of hydrogen-bond acceptors (Lipinski definition) is 4. The van der Waals surface area contributed by atoms with E-state index in [4.69, 9.17) is 4.42 Å². The number of nitrogens with zero attached hydrogens (tertiary/aromatic N) is 3. The number of nitrogens with one attached hydrogen (secondary N) is 1. The van der Waals surface area contributed by atoms with Gasteiger partial charge in [0.05, 0.1) is 0 Å². The molecule has 1 aromatic heterocycles. The molecule has 0 radical (unpaired) electrons.